The molecule has 160 valence electrons. The third kappa shape index (κ3) is 3.78. The number of hydrogen-bond donors (Lipinski definition) is 1. The van der Waals surface area contributed by atoms with Crippen LogP contribution < -0.4 is 5.32 Å². The summed E-state index contributed by atoms with van der Waals surface area (Å²) >= 11 is 1.68. The van der Waals surface area contributed by atoms with Crippen molar-refractivity contribution in [2.75, 3.05) is 12.4 Å². The highest BCUT2D eigenvalue weighted by Crippen LogP contribution is 2.37. The first-order valence-electron chi connectivity index (χ1n) is 10.7. The van der Waals surface area contributed by atoms with Crippen molar-refractivity contribution in [3.05, 3.63) is 84.8 Å². The Morgan fingerprint density at radius 3 is 2.62 bits per heavy atom. The molecule has 0 amide bonds. The van der Waals surface area contributed by atoms with Crippen LogP contribution in [0, 0.1) is 6.92 Å². The molecule has 0 spiro atoms. The molecule has 0 fully saturated rings. The Labute approximate surface area is 192 Å². The largest absolute Gasteiger partial charge is 0.388 e. The van der Waals surface area contributed by atoms with E-state index in [1.54, 1.807) is 11.9 Å². The Balaban J connectivity index is 1.61. The molecular formula is C26H25N5S. The Bertz CT molecular complexity index is 1380. The van der Waals surface area contributed by atoms with Crippen molar-refractivity contribution in [3.8, 4) is 22.4 Å². The lowest BCUT2D eigenvalue weighted by molar-refractivity contribution is 0.662. The maximum Gasteiger partial charge on any atom is 0.150 e. The summed E-state index contributed by atoms with van der Waals surface area (Å²) in [4.78, 5) is 5.89. The second-order valence-electron chi connectivity index (χ2n) is 7.72. The number of pyridine rings is 1. The monoisotopic (exact) mass is 439 g/mol. The molecule has 32 heavy (non-hydrogen) atoms. The number of rotatable bonds is 6. The predicted octanol–water partition coefficient (Wildman–Crippen LogP) is 6.49. The fourth-order valence-electron chi connectivity index (χ4n) is 3.85. The zero-order chi connectivity index (χ0) is 22.1. The molecule has 5 nitrogen and oxygen atoms in total. The maximum atomic E-state index is 4.90. The molecule has 3 aromatic heterocycles. The molecule has 0 bridgehead atoms. The summed E-state index contributed by atoms with van der Waals surface area (Å²) in [6.45, 7) is 5.03. The summed E-state index contributed by atoms with van der Waals surface area (Å²) in [5.41, 5.74) is 7.61. The molecule has 0 aliphatic heterocycles. The van der Waals surface area contributed by atoms with E-state index in [0.29, 0.717) is 0 Å². The fourth-order valence-corrected chi connectivity index (χ4v) is 4.69. The van der Waals surface area contributed by atoms with Gasteiger partial charge in [0.1, 0.15) is 5.69 Å². The smallest absolute Gasteiger partial charge is 0.150 e. The van der Waals surface area contributed by atoms with Crippen molar-refractivity contribution in [2.45, 2.75) is 25.3 Å². The van der Waals surface area contributed by atoms with Crippen LogP contribution in [0.15, 0.2) is 84.1 Å². The molecule has 0 radical (unpaired) electrons. The van der Waals surface area contributed by atoms with E-state index in [0.717, 1.165) is 45.6 Å². The van der Waals surface area contributed by atoms with Crippen molar-refractivity contribution >= 4 is 28.7 Å². The molecule has 5 aromatic rings. The molecular weight excluding hydrogens is 414 g/mol. The number of benzene rings is 2. The molecule has 1 N–H and O–H groups in total. The first kappa shape index (κ1) is 20.4. The molecule has 6 heteroatoms. The van der Waals surface area contributed by atoms with Crippen molar-refractivity contribution in [1.29, 1.82) is 0 Å². The van der Waals surface area contributed by atoms with Gasteiger partial charge in [0.2, 0.25) is 0 Å². The topological polar surface area (TPSA) is 47.7 Å². The zero-order valence-electron chi connectivity index (χ0n) is 18.4. The van der Waals surface area contributed by atoms with Crippen LogP contribution in [0.3, 0.4) is 0 Å². The summed E-state index contributed by atoms with van der Waals surface area (Å²) in [6, 6.07) is 21.2. The van der Waals surface area contributed by atoms with Gasteiger partial charge in [-0.2, -0.15) is 5.10 Å². The quantitative estimate of drug-likeness (QED) is 0.328. The van der Waals surface area contributed by atoms with Gasteiger partial charge in [-0.3, -0.25) is 8.65 Å². The number of nitrogens with one attached hydrogen (secondary N) is 1. The first-order valence-corrected chi connectivity index (χ1v) is 11.5. The lowest BCUT2D eigenvalue weighted by Crippen LogP contribution is -1.94. The number of fused-ring (bicyclic) bond motifs is 1. The number of hydrogen-bond acceptors (Lipinski definition) is 4. The van der Waals surface area contributed by atoms with Gasteiger partial charge in [0.15, 0.2) is 5.65 Å². The lowest BCUT2D eigenvalue weighted by atomic mass is 10.00. The minimum atomic E-state index is 0.817. The van der Waals surface area contributed by atoms with Gasteiger partial charge >= 0.3 is 0 Å². The highest BCUT2D eigenvalue weighted by Gasteiger charge is 2.17. The van der Waals surface area contributed by atoms with Gasteiger partial charge in [0.25, 0.3) is 0 Å². The van der Waals surface area contributed by atoms with Gasteiger partial charge in [-0.05, 0) is 67.8 Å². The highest BCUT2D eigenvalue weighted by atomic mass is 32.2. The Kier molecular flexibility index (Phi) is 5.45. The van der Waals surface area contributed by atoms with Crippen LogP contribution in [-0.2, 0) is 6.54 Å². The Morgan fingerprint density at radius 2 is 1.84 bits per heavy atom. The number of aromatic nitrogens is 4. The van der Waals surface area contributed by atoms with Crippen molar-refractivity contribution < 1.29 is 0 Å². The second-order valence-corrected chi connectivity index (χ2v) is 8.77. The summed E-state index contributed by atoms with van der Waals surface area (Å²) in [6.07, 6.45) is 6.12. The third-order valence-electron chi connectivity index (χ3n) is 5.58. The van der Waals surface area contributed by atoms with Crippen LogP contribution in [-0.4, -0.2) is 25.8 Å². The normalized spacial score (nSPS) is 11.2. The molecule has 0 atom stereocenters. The van der Waals surface area contributed by atoms with E-state index in [1.165, 1.54) is 10.5 Å². The molecule has 0 saturated carbocycles. The Morgan fingerprint density at radius 1 is 1.00 bits per heavy atom. The minimum Gasteiger partial charge on any atom is -0.388 e. The van der Waals surface area contributed by atoms with E-state index in [-0.39, 0.29) is 0 Å². The number of nitrogens with zero attached hydrogens (tertiary/aromatic N) is 4. The van der Waals surface area contributed by atoms with Crippen molar-refractivity contribution in [3.63, 3.8) is 0 Å². The van der Waals surface area contributed by atoms with E-state index in [1.807, 2.05) is 17.9 Å². The van der Waals surface area contributed by atoms with Gasteiger partial charge in [-0.25, -0.2) is 4.98 Å². The summed E-state index contributed by atoms with van der Waals surface area (Å²) in [5, 5.41) is 9.24. The van der Waals surface area contributed by atoms with Gasteiger partial charge in [0, 0.05) is 59.3 Å². The maximum absolute atomic E-state index is 4.90. The van der Waals surface area contributed by atoms with Crippen LogP contribution in [0.1, 0.15) is 12.5 Å². The van der Waals surface area contributed by atoms with Gasteiger partial charge in [-0.15, -0.1) is 0 Å². The van der Waals surface area contributed by atoms with E-state index in [2.05, 4.69) is 96.2 Å². The summed E-state index contributed by atoms with van der Waals surface area (Å²) < 4.78 is 4.13. The summed E-state index contributed by atoms with van der Waals surface area (Å²) in [5.74, 6) is 0. The molecule has 0 saturated heterocycles. The standard InChI is InChI=1S/C26H25N5S/c1-4-30-17-24(25(29-30)19-6-5-7-20(16-19)27-3)22-12-14-28-26-23(22)13-15-31(26)32-21-10-8-18(2)9-11-21/h5-17,27H,4H2,1-3H3. The minimum absolute atomic E-state index is 0.817. The van der Waals surface area contributed by atoms with Gasteiger partial charge < -0.3 is 5.32 Å². The average Bonchev–Trinajstić information content (AvgIpc) is 3.45. The van der Waals surface area contributed by atoms with E-state index in [4.69, 9.17) is 10.1 Å². The van der Waals surface area contributed by atoms with E-state index in [9.17, 15) is 0 Å². The first-order chi connectivity index (χ1) is 15.7. The predicted molar refractivity (Wildman–Crippen MR) is 134 cm³/mol. The molecule has 3 heterocycles. The lowest BCUT2D eigenvalue weighted by Gasteiger charge is -2.08. The van der Waals surface area contributed by atoms with Crippen molar-refractivity contribution in [2.24, 2.45) is 0 Å². The highest BCUT2D eigenvalue weighted by molar-refractivity contribution is 7.98. The van der Waals surface area contributed by atoms with Crippen LogP contribution in [0.2, 0.25) is 0 Å². The van der Waals surface area contributed by atoms with E-state index < -0.39 is 0 Å². The zero-order valence-corrected chi connectivity index (χ0v) is 19.2. The fraction of sp³-hybridized carbons (Fsp3) is 0.154. The SMILES string of the molecule is CCn1cc(-c2ccnc3c2ccn3Sc2ccc(C)cc2)c(-c2cccc(NC)c2)n1. The van der Waals surface area contributed by atoms with E-state index >= 15 is 0 Å². The molecule has 2 aromatic carbocycles. The van der Waals surface area contributed by atoms with Gasteiger partial charge in [-0.1, -0.05) is 29.8 Å². The Hall–Kier alpha value is -3.51. The molecule has 0 aliphatic carbocycles. The van der Waals surface area contributed by atoms with Crippen LogP contribution >= 0.6 is 11.9 Å². The van der Waals surface area contributed by atoms with Crippen LogP contribution in [0.5, 0.6) is 0 Å². The second kappa shape index (κ2) is 8.55. The van der Waals surface area contributed by atoms with Gasteiger partial charge in [0.05, 0.1) is 0 Å². The van der Waals surface area contributed by atoms with Crippen molar-refractivity contribution in [1.82, 2.24) is 18.7 Å². The number of anilines is 1. The molecule has 5 rings (SSSR count). The van der Waals surface area contributed by atoms with Crippen LogP contribution in [0.25, 0.3) is 33.4 Å². The van der Waals surface area contributed by atoms with Crippen LogP contribution in [0.4, 0.5) is 5.69 Å². The third-order valence-corrected chi connectivity index (χ3v) is 6.55. The summed E-state index contributed by atoms with van der Waals surface area (Å²) in [7, 11) is 1.94. The molecule has 0 unspecified atom stereocenters. The number of aryl methyl sites for hydroxylation is 2. The molecule has 0 aliphatic rings. The average molecular weight is 440 g/mol.